The molecule has 0 unspecified atom stereocenters. The molecule has 6 heteroatoms. The quantitative estimate of drug-likeness (QED) is 0.713. The molecule has 3 atom stereocenters. The predicted octanol–water partition coefficient (Wildman–Crippen LogP) is 2.66. The van der Waals surface area contributed by atoms with Gasteiger partial charge in [-0.25, -0.2) is 0 Å². The van der Waals surface area contributed by atoms with Crippen molar-refractivity contribution in [3.63, 3.8) is 0 Å². The summed E-state index contributed by atoms with van der Waals surface area (Å²) in [7, 11) is 2.09. The van der Waals surface area contributed by atoms with Crippen LogP contribution >= 0.6 is 0 Å². The smallest absolute Gasteiger partial charge is 0.255 e. The van der Waals surface area contributed by atoms with Crippen LogP contribution in [0.5, 0.6) is 5.75 Å². The van der Waals surface area contributed by atoms with Gasteiger partial charge in [-0.05, 0) is 62.9 Å². The van der Waals surface area contributed by atoms with Crippen molar-refractivity contribution in [1.82, 2.24) is 9.80 Å². The number of rotatable bonds is 7. The third-order valence-corrected chi connectivity index (χ3v) is 6.68. The summed E-state index contributed by atoms with van der Waals surface area (Å²) < 4.78 is 5.71. The molecule has 0 spiro atoms. The van der Waals surface area contributed by atoms with Crippen LogP contribution in [0.1, 0.15) is 64.0 Å². The second-order valence-electron chi connectivity index (χ2n) is 10.0. The van der Waals surface area contributed by atoms with Gasteiger partial charge in [0.1, 0.15) is 5.75 Å². The highest BCUT2D eigenvalue weighted by atomic mass is 16.5. The maximum Gasteiger partial charge on any atom is 0.255 e. The lowest BCUT2D eigenvalue weighted by atomic mass is 9.85. The molecule has 1 saturated heterocycles. The highest BCUT2D eigenvalue weighted by molar-refractivity contribution is 5.75. The Morgan fingerprint density at radius 1 is 1.23 bits per heavy atom. The number of carbonyl (C=O) groups excluding carboxylic acids is 1. The van der Waals surface area contributed by atoms with Crippen LogP contribution in [-0.2, 0) is 16.8 Å². The third-order valence-electron chi connectivity index (χ3n) is 6.68. The summed E-state index contributed by atoms with van der Waals surface area (Å²) >= 11 is 0. The van der Waals surface area contributed by atoms with Gasteiger partial charge in [-0.1, -0.05) is 39.3 Å². The van der Waals surface area contributed by atoms with Crippen molar-refractivity contribution in [2.75, 3.05) is 26.7 Å². The van der Waals surface area contributed by atoms with Gasteiger partial charge >= 0.3 is 0 Å². The van der Waals surface area contributed by atoms with E-state index in [-0.39, 0.29) is 30.2 Å². The van der Waals surface area contributed by atoms with E-state index in [1.165, 1.54) is 18.4 Å². The zero-order chi connectivity index (χ0) is 21.9. The van der Waals surface area contributed by atoms with Crippen LogP contribution in [0.2, 0.25) is 0 Å². The number of primary amides is 1. The molecule has 1 heterocycles. The average Bonchev–Trinajstić information content (AvgIpc) is 3.20. The fraction of sp³-hybridized carbons (Fsp3) is 0.708. The van der Waals surface area contributed by atoms with Gasteiger partial charge in [-0.15, -0.1) is 0 Å². The molecule has 0 radical (unpaired) electrons. The van der Waals surface area contributed by atoms with Crippen LogP contribution in [0.25, 0.3) is 0 Å². The number of ether oxygens (including phenoxy) is 1. The van der Waals surface area contributed by atoms with Crippen LogP contribution in [-0.4, -0.2) is 65.7 Å². The molecule has 0 aromatic heterocycles. The van der Waals surface area contributed by atoms with Crippen LogP contribution < -0.4 is 10.5 Å². The van der Waals surface area contributed by atoms with Gasteiger partial charge in [0, 0.05) is 24.2 Å². The van der Waals surface area contributed by atoms with Crippen LogP contribution in [0.4, 0.5) is 0 Å². The number of likely N-dealkylation sites (tertiary alicyclic amines) is 1. The monoisotopic (exact) mass is 417 g/mol. The standard InChI is InChI=1S/C24H39N3O3/c1-24(2,3)18-10-11-21(30-16-22(25)28)17(14-18)15-26(4)19-8-7-9-20(23(19)29)27-12-5-6-13-27/h10-11,14,19-20,23,29H,5-9,12-13,15-16H2,1-4H3,(H2,25,28)/t19-,20-,23-/m1/s1. The maximum absolute atomic E-state index is 11.2. The molecule has 1 aliphatic heterocycles. The van der Waals surface area contributed by atoms with E-state index in [9.17, 15) is 9.90 Å². The number of carbonyl (C=O) groups is 1. The molecule has 30 heavy (non-hydrogen) atoms. The van der Waals surface area contributed by atoms with Crippen LogP contribution in [0.15, 0.2) is 18.2 Å². The Balaban J connectivity index is 1.77. The zero-order valence-corrected chi connectivity index (χ0v) is 19.1. The van der Waals surface area contributed by atoms with Crippen molar-refractivity contribution in [1.29, 1.82) is 0 Å². The molecule has 3 N–H and O–H groups in total. The number of aliphatic hydroxyl groups excluding tert-OH is 1. The van der Waals surface area contributed by atoms with Crippen molar-refractivity contribution in [3.8, 4) is 5.75 Å². The Morgan fingerprint density at radius 3 is 2.57 bits per heavy atom. The van der Waals surface area contributed by atoms with Gasteiger partial charge in [-0.3, -0.25) is 14.6 Å². The molecule has 1 aromatic rings. The van der Waals surface area contributed by atoms with E-state index >= 15 is 0 Å². The number of benzene rings is 1. The molecule has 2 fully saturated rings. The Morgan fingerprint density at radius 2 is 1.93 bits per heavy atom. The van der Waals surface area contributed by atoms with Crippen molar-refractivity contribution in [3.05, 3.63) is 29.3 Å². The average molecular weight is 418 g/mol. The van der Waals surface area contributed by atoms with Gasteiger partial charge in [-0.2, -0.15) is 0 Å². The first kappa shape index (κ1) is 23.0. The fourth-order valence-corrected chi connectivity index (χ4v) is 4.93. The van der Waals surface area contributed by atoms with Crippen molar-refractivity contribution in [2.45, 2.75) is 83.0 Å². The first-order chi connectivity index (χ1) is 14.2. The summed E-state index contributed by atoms with van der Waals surface area (Å²) in [4.78, 5) is 16.0. The first-order valence-electron chi connectivity index (χ1n) is 11.3. The highest BCUT2D eigenvalue weighted by Gasteiger charge is 2.38. The van der Waals surface area contributed by atoms with E-state index in [4.69, 9.17) is 10.5 Å². The van der Waals surface area contributed by atoms with Gasteiger partial charge in [0.05, 0.1) is 6.10 Å². The molecule has 1 amide bonds. The van der Waals surface area contributed by atoms with E-state index in [1.807, 2.05) is 6.07 Å². The molecule has 1 aromatic carbocycles. The first-order valence-corrected chi connectivity index (χ1v) is 11.3. The largest absolute Gasteiger partial charge is 0.483 e. The lowest BCUT2D eigenvalue weighted by Gasteiger charge is -2.43. The second kappa shape index (κ2) is 9.67. The van der Waals surface area contributed by atoms with Crippen LogP contribution in [0.3, 0.4) is 0 Å². The minimum absolute atomic E-state index is 0.0146. The molecule has 1 aliphatic carbocycles. The summed E-state index contributed by atoms with van der Waals surface area (Å²) in [5, 5.41) is 11.2. The number of nitrogens with zero attached hydrogens (tertiary/aromatic N) is 2. The lowest BCUT2D eigenvalue weighted by Crippen LogP contribution is -2.55. The van der Waals surface area contributed by atoms with Crippen LogP contribution in [0, 0.1) is 0 Å². The van der Waals surface area contributed by atoms with E-state index in [0.29, 0.717) is 12.3 Å². The van der Waals surface area contributed by atoms with Crippen molar-refractivity contribution < 1.29 is 14.6 Å². The molecule has 6 nitrogen and oxygen atoms in total. The minimum Gasteiger partial charge on any atom is -0.483 e. The Hall–Kier alpha value is -1.63. The molecule has 3 rings (SSSR count). The van der Waals surface area contributed by atoms with E-state index in [0.717, 1.165) is 37.9 Å². The normalized spacial score (nSPS) is 25.6. The van der Waals surface area contributed by atoms with E-state index < -0.39 is 5.91 Å². The molecule has 2 aliphatic rings. The highest BCUT2D eigenvalue weighted by Crippen LogP contribution is 2.32. The summed E-state index contributed by atoms with van der Waals surface area (Å²) in [6, 6.07) is 6.54. The molecule has 1 saturated carbocycles. The Bertz CT molecular complexity index is 725. The maximum atomic E-state index is 11.2. The van der Waals surface area contributed by atoms with Crippen molar-refractivity contribution >= 4 is 5.91 Å². The van der Waals surface area contributed by atoms with E-state index in [1.54, 1.807) is 0 Å². The Kier molecular flexibility index (Phi) is 7.43. The van der Waals surface area contributed by atoms with Gasteiger partial charge < -0.3 is 15.6 Å². The third kappa shape index (κ3) is 5.54. The number of aliphatic hydroxyl groups is 1. The molecule has 168 valence electrons. The second-order valence-corrected chi connectivity index (χ2v) is 10.0. The van der Waals surface area contributed by atoms with Gasteiger partial charge in [0.2, 0.25) is 0 Å². The number of hydrogen-bond acceptors (Lipinski definition) is 5. The van der Waals surface area contributed by atoms with E-state index in [2.05, 4.69) is 49.8 Å². The lowest BCUT2D eigenvalue weighted by molar-refractivity contribution is -0.119. The zero-order valence-electron chi connectivity index (χ0n) is 19.1. The number of nitrogens with two attached hydrogens (primary N) is 1. The summed E-state index contributed by atoms with van der Waals surface area (Å²) in [6.07, 6.45) is 5.35. The molecule has 0 bridgehead atoms. The SMILES string of the molecule is CN(Cc1cc(C(C)(C)C)ccc1OCC(N)=O)[C@@H]1CCC[C@@H](N2CCCC2)[C@@H]1O. The predicted molar refractivity (Wildman–Crippen MR) is 120 cm³/mol. The topological polar surface area (TPSA) is 79.0 Å². The Labute approximate surface area is 181 Å². The van der Waals surface area contributed by atoms with Crippen molar-refractivity contribution in [2.24, 2.45) is 5.73 Å². The number of likely N-dealkylation sites (N-methyl/N-ethyl adjacent to an activating group) is 1. The molecular formula is C24H39N3O3. The summed E-state index contributed by atoms with van der Waals surface area (Å²) in [6.45, 7) is 9.30. The summed E-state index contributed by atoms with van der Waals surface area (Å²) in [5.41, 5.74) is 7.55. The van der Waals surface area contributed by atoms with Gasteiger partial charge in [0.25, 0.3) is 5.91 Å². The summed E-state index contributed by atoms with van der Waals surface area (Å²) in [5.74, 6) is 0.209. The molecular weight excluding hydrogens is 378 g/mol. The number of hydrogen-bond donors (Lipinski definition) is 2. The number of amides is 1. The fourth-order valence-electron chi connectivity index (χ4n) is 4.93. The minimum atomic E-state index is -0.481. The van der Waals surface area contributed by atoms with Gasteiger partial charge in [0.15, 0.2) is 6.61 Å².